The quantitative estimate of drug-likeness (QED) is 0.0671. The minimum absolute atomic E-state index is 0.0417. The minimum atomic E-state index is -1.76. The number of likely N-dealkylation sites (tertiary alicyclic amines) is 1. The Bertz CT molecular complexity index is 2080. The van der Waals surface area contributed by atoms with Gasteiger partial charge in [-0.15, -0.1) is 0 Å². The lowest BCUT2D eigenvalue weighted by atomic mass is 9.96. The van der Waals surface area contributed by atoms with Crippen LogP contribution >= 0.6 is 0 Å². The van der Waals surface area contributed by atoms with Crippen molar-refractivity contribution >= 4 is 65.0 Å². The van der Waals surface area contributed by atoms with Gasteiger partial charge in [-0.3, -0.25) is 52.7 Å². The Morgan fingerprint density at radius 2 is 1.38 bits per heavy atom. The van der Waals surface area contributed by atoms with E-state index in [2.05, 4.69) is 37.2 Å². The molecule has 2 unspecified atom stereocenters. The van der Waals surface area contributed by atoms with Gasteiger partial charge in [0, 0.05) is 19.4 Å². The van der Waals surface area contributed by atoms with Crippen molar-refractivity contribution in [1.82, 2.24) is 42.1 Å². The Hall–Kier alpha value is -7.11. The molecule has 16 N–H and O–H groups in total. The fraction of sp³-hybridized carbons (Fsp3) is 0.578. The van der Waals surface area contributed by atoms with Crippen LogP contribution in [0.15, 0.2) is 36.4 Å². The summed E-state index contributed by atoms with van der Waals surface area (Å²) in [5.41, 5.74) is 22.9. The van der Waals surface area contributed by atoms with E-state index < -0.39 is 145 Å². The van der Waals surface area contributed by atoms with Gasteiger partial charge in [0.25, 0.3) is 0 Å². The molecule has 9 atom stereocenters. The van der Waals surface area contributed by atoms with Gasteiger partial charge in [-0.1, -0.05) is 58.4 Å². The minimum Gasteiger partial charge on any atom is -0.508 e. The summed E-state index contributed by atoms with van der Waals surface area (Å²) in [6.07, 6.45) is 1.73. The smallest absolute Gasteiger partial charge is 0.246 e. The predicted octanol–water partition coefficient (Wildman–Crippen LogP) is -3.65. The zero-order valence-corrected chi connectivity index (χ0v) is 39.4. The van der Waals surface area contributed by atoms with Crippen LogP contribution in [0.3, 0.4) is 0 Å². The Balaban J connectivity index is 2.08. The third-order valence-electron chi connectivity index (χ3n) is 11.6. The summed E-state index contributed by atoms with van der Waals surface area (Å²) >= 11 is 0. The number of phenols is 1. The second-order valence-electron chi connectivity index (χ2n) is 17.8. The van der Waals surface area contributed by atoms with E-state index in [-0.39, 0.29) is 50.3 Å². The van der Waals surface area contributed by atoms with Crippen molar-refractivity contribution in [1.29, 1.82) is 0 Å². The highest BCUT2D eigenvalue weighted by Gasteiger charge is 2.40. The lowest BCUT2D eigenvalue weighted by molar-refractivity contribution is -0.142. The van der Waals surface area contributed by atoms with Gasteiger partial charge in [0.05, 0.1) is 19.0 Å². The maximum atomic E-state index is 14.5. The molecule has 0 aromatic heterocycles. The maximum Gasteiger partial charge on any atom is 0.246 e. The van der Waals surface area contributed by atoms with E-state index in [1.54, 1.807) is 13.8 Å². The topological polar surface area (TPSA) is 400 Å². The standard InChI is InChI=1S/C45H68N12O12/c1-5-24(4)37-44(68)51-28(16-17-34(47)59)40(64)54-32(21-35(48)60)41(65)52-29(10-7-6-9-27(46)38(62)53-31(42(66)56-37)20-25-12-14-26(58)15-13-25)45(69)57-18-8-11-33(57)43(67)55-30(19-23(2)3)39(63)50-22-36(49)61/h6-7,12-15,23-24,27-33,37,58H,5,8-11,16-22,46H2,1-4H3,(H2,47,59)(H2,48,60)(H2,49,61)(H,50,63)(H,51,68)(H,52,65)(H,53,62)(H,54,64)(H,55,67)(H,56,66)/b7-6-/t24-,27+,28+,29+,30+,31?,32?,33+,37+/m1/s1. The average molecular weight is 969 g/mol. The molecule has 69 heavy (non-hydrogen) atoms. The van der Waals surface area contributed by atoms with Crippen LogP contribution in [0.2, 0.25) is 0 Å². The highest BCUT2D eigenvalue weighted by molar-refractivity contribution is 5.99. The number of phenolic OH excluding ortho intramolecular Hbond substituents is 1. The van der Waals surface area contributed by atoms with Gasteiger partial charge in [0.1, 0.15) is 48.0 Å². The molecular weight excluding hydrogens is 901 g/mol. The fourth-order valence-corrected chi connectivity index (χ4v) is 7.66. The van der Waals surface area contributed by atoms with Crippen LogP contribution in [0.5, 0.6) is 5.75 Å². The van der Waals surface area contributed by atoms with Crippen LogP contribution in [-0.4, -0.2) is 136 Å². The highest BCUT2D eigenvalue weighted by atomic mass is 16.3. The van der Waals surface area contributed by atoms with Crippen molar-refractivity contribution in [2.24, 2.45) is 34.8 Å². The molecular formula is C45H68N12O12. The number of primary amides is 3. The first-order valence-corrected chi connectivity index (χ1v) is 22.9. The van der Waals surface area contributed by atoms with Crippen LogP contribution in [0.25, 0.3) is 0 Å². The van der Waals surface area contributed by atoms with Gasteiger partial charge in [-0.05, 0) is 68.1 Å². The Morgan fingerprint density at radius 1 is 0.768 bits per heavy atom. The predicted molar refractivity (Wildman–Crippen MR) is 248 cm³/mol. The molecule has 380 valence electrons. The molecule has 2 aliphatic heterocycles. The van der Waals surface area contributed by atoms with E-state index in [1.807, 2.05) is 13.8 Å². The van der Waals surface area contributed by atoms with Gasteiger partial charge in [-0.2, -0.15) is 0 Å². The third-order valence-corrected chi connectivity index (χ3v) is 11.6. The zero-order valence-electron chi connectivity index (χ0n) is 39.4. The zero-order chi connectivity index (χ0) is 51.5. The molecule has 0 saturated carbocycles. The first-order chi connectivity index (χ1) is 32.5. The largest absolute Gasteiger partial charge is 0.508 e. The van der Waals surface area contributed by atoms with Gasteiger partial charge in [-0.25, -0.2) is 0 Å². The third kappa shape index (κ3) is 18.1. The van der Waals surface area contributed by atoms with E-state index in [1.165, 1.54) is 41.3 Å². The molecule has 2 aliphatic rings. The first-order valence-electron chi connectivity index (χ1n) is 22.9. The number of benzene rings is 1. The molecule has 0 radical (unpaired) electrons. The average Bonchev–Trinajstić information content (AvgIpc) is 3.78. The molecule has 24 nitrogen and oxygen atoms in total. The summed E-state index contributed by atoms with van der Waals surface area (Å²) < 4.78 is 0. The summed E-state index contributed by atoms with van der Waals surface area (Å²) in [4.78, 5) is 148. The van der Waals surface area contributed by atoms with Crippen LogP contribution < -0.4 is 60.2 Å². The van der Waals surface area contributed by atoms with Gasteiger partial charge < -0.3 is 70.2 Å². The van der Waals surface area contributed by atoms with Crippen LogP contribution in [-0.2, 0) is 59.2 Å². The molecule has 0 aliphatic carbocycles. The van der Waals surface area contributed by atoms with Gasteiger partial charge >= 0.3 is 0 Å². The number of nitrogens with one attached hydrogen (secondary N) is 7. The first kappa shape index (κ1) is 56.2. The van der Waals surface area contributed by atoms with Crippen LogP contribution in [0.4, 0.5) is 0 Å². The number of rotatable bonds is 17. The van der Waals surface area contributed by atoms with E-state index in [0.29, 0.717) is 18.4 Å². The molecule has 11 amide bonds. The summed E-state index contributed by atoms with van der Waals surface area (Å²) in [6, 6.07) is -5.15. The number of carbonyl (C=O) groups excluding carboxylic acids is 11. The number of hydrogen-bond donors (Lipinski definition) is 12. The molecule has 1 aromatic carbocycles. The monoisotopic (exact) mass is 969 g/mol. The second kappa shape index (κ2) is 27.0. The second-order valence-corrected chi connectivity index (χ2v) is 17.8. The van der Waals surface area contributed by atoms with Crippen molar-refractivity contribution in [3.05, 3.63) is 42.0 Å². The Morgan fingerprint density at radius 3 is 1.99 bits per heavy atom. The number of carbonyl (C=O) groups is 11. The van der Waals surface area contributed by atoms with Crippen molar-refractivity contribution in [2.75, 3.05) is 13.1 Å². The summed E-state index contributed by atoms with van der Waals surface area (Å²) in [5.74, 6) is -10.2. The van der Waals surface area contributed by atoms with E-state index >= 15 is 0 Å². The summed E-state index contributed by atoms with van der Waals surface area (Å²) in [5, 5.41) is 27.6. The van der Waals surface area contributed by atoms with Gasteiger partial charge in [0.15, 0.2) is 0 Å². The lowest BCUT2D eigenvalue weighted by Crippen LogP contribution is -2.61. The molecule has 24 heteroatoms. The summed E-state index contributed by atoms with van der Waals surface area (Å²) in [7, 11) is 0. The lowest BCUT2D eigenvalue weighted by Gasteiger charge is -2.31. The van der Waals surface area contributed by atoms with Crippen molar-refractivity contribution in [3.63, 3.8) is 0 Å². The molecule has 0 spiro atoms. The van der Waals surface area contributed by atoms with E-state index in [9.17, 15) is 57.8 Å². The molecule has 2 heterocycles. The molecule has 3 rings (SSSR count). The van der Waals surface area contributed by atoms with Crippen LogP contribution in [0.1, 0.15) is 91.0 Å². The van der Waals surface area contributed by atoms with E-state index in [4.69, 9.17) is 22.9 Å². The number of amides is 11. The van der Waals surface area contributed by atoms with Crippen LogP contribution in [0, 0.1) is 11.8 Å². The molecule has 1 fully saturated rings. The normalized spacial score (nSPS) is 24.5. The highest BCUT2D eigenvalue weighted by Crippen LogP contribution is 2.21. The Labute approximate surface area is 400 Å². The van der Waals surface area contributed by atoms with Gasteiger partial charge in [0.2, 0.25) is 65.0 Å². The van der Waals surface area contributed by atoms with Crippen molar-refractivity contribution in [3.8, 4) is 5.75 Å². The summed E-state index contributed by atoms with van der Waals surface area (Å²) in [6.45, 7) is 6.58. The van der Waals surface area contributed by atoms with Crippen molar-refractivity contribution < 1.29 is 57.8 Å². The molecule has 1 aromatic rings. The SMILES string of the molecule is CC[C@@H](C)[C@@H]1NC(=O)C(Cc2ccc(O)cc2)NC(=O)[C@@H](N)C/C=C\C[C@@H](C(=O)N2CCC[C@H]2C(=O)N[C@@H](CC(C)C)C(=O)NCC(N)=O)NC(=O)C(CC(N)=O)NC(=O)[C@H](CCC(N)=O)NC1=O. The number of hydrogen-bond acceptors (Lipinski definition) is 13. The number of aromatic hydroxyl groups is 1. The molecule has 1 saturated heterocycles. The maximum absolute atomic E-state index is 14.5. The number of nitrogens with two attached hydrogens (primary N) is 4. The Kier molecular flexibility index (Phi) is 22.0. The van der Waals surface area contributed by atoms with Crippen molar-refractivity contribution in [2.45, 2.75) is 140 Å². The molecule has 0 bridgehead atoms. The number of nitrogens with zero attached hydrogens (tertiary/aromatic N) is 1. The van der Waals surface area contributed by atoms with E-state index in [0.717, 1.165) is 0 Å². The fourth-order valence-electron chi connectivity index (χ4n) is 7.66.